The zero-order valence-electron chi connectivity index (χ0n) is 19.3. The number of carbonyl (C=O) groups is 2. The molecule has 1 aliphatic rings. The van der Waals surface area contributed by atoms with Gasteiger partial charge in [0.15, 0.2) is 11.5 Å². The van der Waals surface area contributed by atoms with E-state index >= 15 is 0 Å². The van der Waals surface area contributed by atoms with Gasteiger partial charge in [0, 0.05) is 16.6 Å². The summed E-state index contributed by atoms with van der Waals surface area (Å²) < 4.78 is 15.7. The fraction of sp³-hybridized carbons (Fsp3) is 0.231. The maximum Gasteiger partial charge on any atom is 0.258 e. The maximum absolute atomic E-state index is 13.2. The number of anilines is 2. The molecule has 4 rings (SSSR count). The van der Waals surface area contributed by atoms with E-state index in [1.54, 1.807) is 63.8 Å². The minimum absolute atomic E-state index is 0.233. The first kappa shape index (κ1) is 23.4. The molecule has 3 aromatic rings. The molecule has 0 saturated carbocycles. The van der Waals surface area contributed by atoms with E-state index in [1.807, 2.05) is 6.07 Å². The van der Waals surface area contributed by atoms with Gasteiger partial charge in [0.05, 0.1) is 26.9 Å². The number of rotatable bonds is 8. The number of methoxy groups -OCH3 is 3. The molecular formula is C26H26N2O5S. The zero-order valence-corrected chi connectivity index (χ0v) is 20.1. The third-order valence-electron chi connectivity index (χ3n) is 5.57. The van der Waals surface area contributed by atoms with Crippen LogP contribution in [0.25, 0.3) is 6.08 Å². The average Bonchev–Trinajstić information content (AvgIpc) is 3.43. The third-order valence-corrected chi connectivity index (χ3v) is 6.77. The van der Waals surface area contributed by atoms with Crippen LogP contribution in [-0.2, 0) is 17.6 Å². The smallest absolute Gasteiger partial charge is 0.258 e. The number of hydrogen-bond donors (Lipinski definition) is 2. The molecule has 0 saturated heterocycles. The minimum atomic E-state index is -0.312. The van der Waals surface area contributed by atoms with Crippen LogP contribution >= 0.6 is 11.3 Å². The molecule has 0 bridgehead atoms. The van der Waals surface area contributed by atoms with Crippen molar-refractivity contribution in [2.75, 3.05) is 32.0 Å². The first-order valence-corrected chi connectivity index (χ1v) is 11.6. The van der Waals surface area contributed by atoms with E-state index < -0.39 is 0 Å². The number of amides is 2. The summed E-state index contributed by atoms with van der Waals surface area (Å²) in [5, 5.41) is 6.41. The number of thiophene rings is 1. The summed E-state index contributed by atoms with van der Waals surface area (Å²) in [5.74, 6) is 1.36. The highest BCUT2D eigenvalue weighted by Crippen LogP contribution is 2.39. The van der Waals surface area contributed by atoms with E-state index in [0.717, 1.165) is 35.3 Å². The molecule has 2 aromatic carbocycles. The fourth-order valence-corrected chi connectivity index (χ4v) is 5.17. The van der Waals surface area contributed by atoms with Crippen molar-refractivity contribution in [1.82, 2.24) is 0 Å². The summed E-state index contributed by atoms with van der Waals surface area (Å²) in [6.07, 6.45) is 5.89. The van der Waals surface area contributed by atoms with Gasteiger partial charge in [0.1, 0.15) is 10.8 Å². The van der Waals surface area contributed by atoms with Crippen molar-refractivity contribution in [2.24, 2.45) is 0 Å². The van der Waals surface area contributed by atoms with Crippen LogP contribution in [0.15, 0.2) is 48.5 Å². The van der Waals surface area contributed by atoms with Gasteiger partial charge in [-0.3, -0.25) is 9.59 Å². The third kappa shape index (κ3) is 5.07. The molecule has 0 fully saturated rings. The summed E-state index contributed by atoms with van der Waals surface area (Å²) in [4.78, 5) is 27.0. The van der Waals surface area contributed by atoms with Gasteiger partial charge in [-0.15, -0.1) is 11.3 Å². The first-order valence-electron chi connectivity index (χ1n) is 10.8. The van der Waals surface area contributed by atoms with Crippen LogP contribution in [0.3, 0.4) is 0 Å². The molecule has 1 heterocycles. The summed E-state index contributed by atoms with van der Waals surface area (Å²) in [6, 6.07) is 12.5. The van der Waals surface area contributed by atoms with Crippen LogP contribution in [0.4, 0.5) is 10.7 Å². The van der Waals surface area contributed by atoms with Crippen LogP contribution in [0.5, 0.6) is 17.2 Å². The summed E-state index contributed by atoms with van der Waals surface area (Å²) in [7, 11) is 4.73. The Labute approximate surface area is 202 Å². The standard InChI is InChI=1S/C26H26N2O5S/c1-31-18-11-9-17(10-12-18)27-25(30)24-19-5-4-6-22(19)34-26(24)28-23(29)14-8-16-7-13-20(32-2)21(15-16)33-3/h7-15H,4-6H2,1-3H3,(H,27,30)(H,28,29). The summed E-state index contributed by atoms with van der Waals surface area (Å²) >= 11 is 1.47. The Morgan fingerprint density at radius 2 is 1.68 bits per heavy atom. The predicted octanol–water partition coefficient (Wildman–Crippen LogP) is 5.17. The van der Waals surface area contributed by atoms with Crippen LogP contribution in [0, 0.1) is 0 Å². The van der Waals surface area contributed by atoms with E-state index in [1.165, 1.54) is 17.4 Å². The SMILES string of the molecule is COc1ccc(NC(=O)c2c(NC(=O)C=Cc3ccc(OC)c(OC)c3)sc3c2CCC3)cc1. The maximum atomic E-state index is 13.2. The molecule has 2 N–H and O–H groups in total. The number of carbonyl (C=O) groups excluding carboxylic acids is 2. The Morgan fingerprint density at radius 1 is 0.912 bits per heavy atom. The average molecular weight is 479 g/mol. The molecule has 0 unspecified atom stereocenters. The van der Waals surface area contributed by atoms with Gasteiger partial charge in [-0.05, 0) is 72.9 Å². The van der Waals surface area contributed by atoms with Crippen molar-refractivity contribution >= 4 is 39.9 Å². The number of nitrogens with one attached hydrogen (secondary N) is 2. The van der Waals surface area contributed by atoms with Gasteiger partial charge in [-0.25, -0.2) is 0 Å². The van der Waals surface area contributed by atoms with Crippen molar-refractivity contribution in [2.45, 2.75) is 19.3 Å². The Balaban J connectivity index is 1.51. The molecule has 0 spiro atoms. The molecule has 1 aliphatic carbocycles. The fourth-order valence-electron chi connectivity index (χ4n) is 3.88. The number of hydrogen-bond acceptors (Lipinski definition) is 6. The second-order valence-electron chi connectivity index (χ2n) is 7.68. The minimum Gasteiger partial charge on any atom is -0.497 e. The molecule has 7 nitrogen and oxygen atoms in total. The Kier molecular flexibility index (Phi) is 7.18. The van der Waals surface area contributed by atoms with Gasteiger partial charge in [0.25, 0.3) is 5.91 Å². The largest absolute Gasteiger partial charge is 0.497 e. The molecule has 8 heteroatoms. The topological polar surface area (TPSA) is 85.9 Å². The van der Waals surface area contributed by atoms with E-state index in [-0.39, 0.29) is 11.8 Å². The Hall–Kier alpha value is -3.78. The molecule has 1 aromatic heterocycles. The highest BCUT2D eigenvalue weighted by atomic mass is 32.1. The van der Waals surface area contributed by atoms with Crippen molar-refractivity contribution in [3.8, 4) is 17.2 Å². The number of fused-ring (bicyclic) bond motifs is 1. The zero-order chi connectivity index (χ0) is 24.1. The molecule has 0 aliphatic heterocycles. The molecule has 2 amide bonds. The van der Waals surface area contributed by atoms with E-state index in [4.69, 9.17) is 14.2 Å². The summed E-state index contributed by atoms with van der Waals surface area (Å²) in [5.41, 5.74) is 3.02. The van der Waals surface area contributed by atoms with Crippen molar-refractivity contribution < 1.29 is 23.8 Å². The summed E-state index contributed by atoms with van der Waals surface area (Å²) in [6.45, 7) is 0. The number of benzene rings is 2. The Bertz CT molecular complexity index is 1230. The van der Waals surface area contributed by atoms with Crippen molar-refractivity contribution in [3.63, 3.8) is 0 Å². The molecule has 176 valence electrons. The lowest BCUT2D eigenvalue weighted by Gasteiger charge is -2.09. The quantitative estimate of drug-likeness (QED) is 0.437. The Morgan fingerprint density at radius 3 is 2.38 bits per heavy atom. The van der Waals surface area contributed by atoms with Crippen LogP contribution in [-0.4, -0.2) is 33.1 Å². The second-order valence-corrected chi connectivity index (χ2v) is 8.79. The van der Waals surface area contributed by atoms with Gasteiger partial charge < -0.3 is 24.8 Å². The lowest BCUT2D eigenvalue weighted by Crippen LogP contribution is -2.16. The lowest BCUT2D eigenvalue weighted by molar-refractivity contribution is -0.111. The van der Waals surface area contributed by atoms with E-state index in [0.29, 0.717) is 33.5 Å². The second kappa shape index (κ2) is 10.4. The lowest BCUT2D eigenvalue weighted by atomic mass is 10.1. The van der Waals surface area contributed by atoms with Crippen molar-refractivity contribution in [1.29, 1.82) is 0 Å². The number of aryl methyl sites for hydroxylation is 1. The predicted molar refractivity (Wildman–Crippen MR) is 135 cm³/mol. The molecule has 34 heavy (non-hydrogen) atoms. The van der Waals surface area contributed by atoms with Crippen LogP contribution in [0.1, 0.15) is 32.8 Å². The van der Waals surface area contributed by atoms with Gasteiger partial charge in [-0.1, -0.05) is 6.07 Å². The van der Waals surface area contributed by atoms with Crippen LogP contribution < -0.4 is 24.8 Å². The monoisotopic (exact) mass is 478 g/mol. The molecular weight excluding hydrogens is 452 g/mol. The van der Waals surface area contributed by atoms with Gasteiger partial charge >= 0.3 is 0 Å². The highest BCUT2D eigenvalue weighted by molar-refractivity contribution is 7.17. The first-order chi connectivity index (χ1) is 16.5. The molecule has 0 radical (unpaired) electrons. The number of ether oxygens (including phenoxy) is 3. The van der Waals surface area contributed by atoms with Gasteiger partial charge in [0.2, 0.25) is 5.91 Å². The normalized spacial score (nSPS) is 12.3. The highest BCUT2D eigenvalue weighted by Gasteiger charge is 2.27. The van der Waals surface area contributed by atoms with Gasteiger partial charge in [-0.2, -0.15) is 0 Å². The van der Waals surface area contributed by atoms with Crippen LogP contribution in [0.2, 0.25) is 0 Å². The van der Waals surface area contributed by atoms with E-state index in [2.05, 4.69) is 10.6 Å². The van der Waals surface area contributed by atoms with E-state index in [9.17, 15) is 9.59 Å². The van der Waals surface area contributed by atoms with Crippen molar-refractivity contribution in [3.05, 3.63) is 70.1 Å². The molecule has 0 atom stereocenters.